The summed E-state index contributed by atoms with van der Waals surface area (Å²) in [6.45, 7) is 5.97. The minimum Gasteiger partial charge on any atom is -0.487 e. The van der Waals surface area contributed by atoms with E-state index < -0.39 is 23.5 Å². The largest absolute Gasteiger partial charge is 0.487 e. The molecular weight excluding hydrogens is 454 g/mol. The Bertz CT molecular complexity index is 1030. The van der Waals surface area contributed by atoms with Crippen LogP contribution in [0.5, 0.6) is 5.75 Å². The number of carbonyl (C=O) groups excluding carboxylic acids is 2. The smallest absolute Gasteiger partial charge is 0.413 e. The minimum atomic E-state index is -0.788. The molecule has 1 atom stereocenters. The molecule has 0 bridgehead atoms. The third-order valence-electron chi connectivity index (χ3n) is 6.24. The normalized spacial score (nSPS) is 19.8. The van der Waals surface area contributed by atoms with Crippen molar-refractivity contribution in [3.05, 3.63) is 64.7 Å². The number of rotatable bonds is 5. The lowest BCUT2D eigenvalue weighted by Gasteiger charge is -2.41. The third kappa shape index (κ3) is 5.39. The van der Waals surface area contributed by atoms with E-state index in [1.54, 1.807) is 23.1 Å². The van der Waals surface area contributed by atoms with Crippen LogP contribution >= 0.6 is 11.6 Å². The van der Waals surface area contributed by atoms with Gasteiger partial charge in [-0.2, -0.15) is 0 Å². The van der Waals surface area contributed by atoms with Crippen molar-refractivity contribution in [2.24, 2.45) is 0 Å². The molecule has 6 nitrogen and oxygen atoms in total. The number of nitrogens with zero attached hydrogens (tertiary/aromatic N) is 1. The molecule has 1 amide bonds. The monoisotopic (exact) mass is 485 g/mol. The predicted molar refractivity (Wildman–Crippen MR) is 130 cm³/mol. The topological polar surface area (TPSA) is 65.1 Å². The van der Waals surface area contributed by atoms with Gasteiger partial charge in [-0.25, -0.2) is 4.79 Å². The van der Waals surface area contributed by atoms with E-state index in [0.717, 1.165) is 24.8 Å². The average molecular weight is 486 g/mol. The van der Waals surface area contributed by atoms with E-state index in [1.807, 2.05) is 51.1 Å². The summed E-state index contributed by atoms with van der Waals surface area (Å²) in [5, 5.41) is 0.344. The molecule has 1 aliphatic heterocycles. The number of halogens is 1. The molecule has 0 radical (unpaired) electrons. The van der Waals surface area contributed by atoms with Crippen LogP contribution in [0.25, 0.3) is 0 Å². The fourth-order valence-corrected chi connectivity index (χ4v) is 4.88. The zero-order valence-electron chi connectivity index (χ0n) is 20.0. The molecule has 2 aliphatic rings. The van der Waals surface area contributed by atoms with Crippen LogP contribution < -0.4 is 4.74 Å². The van der Waals surface area contributed by atoms with Gasteiger partial charge in [-0.1, -0.05) is 48.4 Å². The number of hydrogen-bond acceptors (Lipinski definition) is 5. The van der Waals surface area contributed by atoms with Gasteiger partial charge >= 0.3 is 6.09 Å². The lowest BCUT2D eigenvalue weighted by Crippen LogP contribution is -2.55. The van der Waals surface area contributed by atoms with Crippen LogP contribution in [0.15, 0.2) is 48.5 Å². The molecule has 2 fully saturated rings. The Morgan fingerprint density at radius 2 is 1.79 bits per heavy atom. The Morgan fingerprint density at radius 3 is 2.44 bits per heavy atom. The fraction of sp³-hybridized carbons (Fsp3) is 0.481. The molecule has 1 aliphatic carbocycles. The summed E-state index contributed by atoms with van der Waals surface area (Å²) in [6, 6.07) is 14.0. The Hall–Kier alpha value is -2.57. The zero-order valence-corrected chi connectivity index (χ0v) is 20.8. The van der Waals surface area contributed by atoms with Crippen LogP contribution in [0.2, 0.25) is 5.02 Å². The van der Waals surface area contributed by atoms with Crippen molar-refractivity contribution in [3.8, 4) is 5.75 Å². The van der Waals surface area contributed by atoms with Crippen LogP contribution in [-0.4, -0.2) is 40.8 Å². The van der Waals surface area contributed by atoms with E-state index in [9.17, 15) is 9.59 Å². The molecule has 7 heteroatoms. The molecule has 2 aromatic carbocycles. The highest BCUT2D eigenvalue weighted by Gasteiger charge is 2.54. The van der Waals surface area contributed by atoms with E-state index in [2.05, 4.69) is 0 Å². The Morgan fingerprint density at radius 1 is 1.09 bits per heavy atom. The maximum Gasteiger partial charge on any atom is 0.413 e. The molecule has 4 rings (SSSR count). The quantitative estimate of drug-likeness (QED) is 0.458. The second kappa shape index (κ2) is 9.96. The first-order chi connectivity index (χ1) is 16.2. The van der Waals surface area contributed by atoms with E-state index >= 15 is 0 Å². The van der Waals surface area contributed by atoms with Crippen LogP contribution in [0.4, 0.5) is 4.79 Å². The highest BCUT2D eigenvalue weighted by molar-refractivity contribution is 6.32. The second-order valence-electron chi connectivity index (χ2n) is 9.97. The van der Waals surface area contributed by atoms with Crippen molar-refractivity contribution >= 4 is 23.5 Å². The van der Waals surface area contributed by atoms with Gasteiger partial charge in [0.05, 0.1) is 11.6 Å². The van der Waals surface area contributed by atoms with E-state index in [4.69, 9.17) is 25.8 Å². The highest BCUT2D eigenvalue weighted by atomic mass is 35.5. The second-order valence-corrected chi connectivity index (χ2v) is 10.4. The van der Waals surface area contributed by atoms with E-state index in [0.29, 0.717) is 35.8 Å². The lowest BCUT2D eigenvalue weighted by atomic mass is 9.90. The van der Waals surface area contributed by atoms with E-state index in [-0.39, 0.29) is 12.4 Å². The lowest BCUT2D eigenvalue weighted by molar-refractivity contribution is -0.107. The number of ketones is 1. The molecule has 0 N–H and O–H groups in total. The summed E-state index contributed by atoms with van der Waals surface area (Å²) >= 11 is 6.46. The van der Waals surface area contributed by atoms with Crippen molar-refractivity contribution in [1.82, 2.24) is 4.90 Å². The minimum absolute atomic E-state index is 0.141. The first-order valence-corrected chi connectivity index (χ1v) is 12.2. The summed E-state index contributed by atoms with van der Waals surface area (Å²) in [7, 11) is 0. The summed E-state index contributed by atoms with van der Waals surface area (Å²) in [6.07, 6.45) is 3.86. The van der Waals surface area contributed by atoms with Gasteiger partial charge in [0.25, 0.3) is 0 Å². The van der Waals surface area contributed by atoms with Gasteiger partial charge in [0, 0.05) is 5.56 Å². The van der Waals surface area contributed by atoms with Crippen molar-refractivity contribution in [2.45, 2.75) is 76.9 Å². The standard InChI is InChI=1S/C27H32ClNO5/c1-26(2,3)34-25(31)29-22(18-33-27(29)14-8-5-9-15-27)24(30)20-12-13-23(21(28)16-20)32-17-19-10-6-4-7-11-19/h4,6-7,10-13,16,22H,5,8-9,14-15,17-18H2,1-3H3/t22-/m1/s1. The van der Waals surface area contributed by atoms with Gasteiger partial charge in [0.2, 0.25) is 0 Å². The Kier molecular flexibility index (Phi) is 7.20. The number of benzene rings is 2. The summed E-state index contributed by atoms with van der Waals surface area (Å²) in [5.74, 6) is 0.280. The number of Topliss-reactive ketones (excluding diaryl/α,β-unsaturated/α-hetero) is 1. The number of ether oxygens (including phenoxy) is 3. The molecular formula is C27H32ClNO5. The van der Waals surface area contributed by atoms with Gasteiger partial charge in [-0.15, -0.1) is 0 Å². The summed E-state index contributed by atoms with van der Waals surface area (Å²) in [4.78, 5) is 28.4. The molecule has 0 unspecified atom stereocenters. The van der Waals surface area contributed by atoms with Gasteiger partial charge < -0.3 is 14.2 Å². The SMILES string of the molecule is CC(C)(C)OC(=O)N1[C@@H](C(=O)c2ccc(OCc3ccccc3)c(Cl)c2)COC12CCCCC2. The first-order valence-electron chi connectivity index (χ1n) is 11.9. The molecule has 34 heavy (non-hydrogen) atoms. The van der Waals surface area contributed by atoms with Crippen LogP contribution in [0, 0.1) is 0 Å². The van der Waals surface area contributed by atoms with Crippen LogP contribution in [0.1, 0.15) is 68.8 Å². The van der Waals surface area contributed by atoms with Crippen molar-refractivity contribution < 1.29 is 23.8 Å². The first kappa shape index (κ1) is 24.6. The Balaban J connectivity index is 1.54. The van der Waals surface area contributed by atoms with Crippen molar-refractivity contribution in [1.29, 1.82) is 0 Å². The fourth-order valence-electron chi connectivity index (χ4n) is 4.65. The number of carbonyl (C=O) groups is 2. The van der Waals surface area contributed by atoms with Crippen LogP contribution in [-0.2, 0) is 16.1 Å². The summed E-state index contributed by atoms with van der Waals surface area (Å²) in [5.41, 5.74) is -0.0344. The van der Waals surface area contributed by atoms with Crippen molar-refractivity contribution in [2.75, 3.05) is 6.61 Å². The molecule has 1 spiro atoms. The third-order valence-corrected chi connectivity index (χ3v) is 6.54. The number of hydrogen-bond donors (Lipinski definition) is 0. The maximum atomic E-state index is 13.6. The van der Waals surface area contributed by atoms with E-state index in [1.165, 1.54) is 0 Å². The maximum absolute atomic E-state index is 13.6. The Labute approximate surface area is 206 Å². The average Bonchev–Trinajstić information content (AvgIpc) is 3.16. The molecule has 1 saturated heterocycles. The number of amides is 1. The van der Waals surface area contributed by atoms with Gasteiger partial charge in [0.1, 0.15) is 29.7 Å². The van der Waals surface area contributed by atoms with Gasteiger partial charge in [-0.3, -0.25) is 9.69 Å². The molecule has 2 aromatic rings. The molecule has 1 saturated carbocycles. The molecule has 182 valence electrons. The van der Waals surface area contributed by atoms with Gasteiger partial charge in [-0.05, 0) is 70.2 Å². The highest BCUT2D eigenvalue weighted by Crippen LogP contribution is 2.42. The summed E-state index contributed by atoms with van der Waals surface area (Å²) < 4.78 is 17.7. The van der Waals surface area contributed by atoms with Crippen molar-refractivity contribution in [3.63, 3.8) is 0 Å². The molecule has 1 heterocycles. The predicted octanol–water partition coefficient (Wildman–Crippen LogP) is 6.40. The van der Waals surface area contributed by atoms with Crippen LogP contribution in [0.3, 0.4) is 0 Å². The zero-order chi connectivity index (χ0) is 24.3. The van der Waals surface area contributed by atoms with Gasteiger partial charge in [0.15, 0.2) is 5.78 Å². The molecule has 0 aromatic heterocycles.